The summed E-state index contributed by atoms with van der Waals surface area (Å²) >= 11 is 5.88. The Balaban J connectivity index is 1.37. The van der Waals surface area contributed by atoms with Crippen LogP contribution < -0.4 is 9.47 Å². The molecule has 34 heavy (non-hydrogen) atoms. The van der Waals surface area contributed by atoms with Crippen LogP contribution in [0.2, 0.25) is 0 Å². The zero-order valence-electron chi connectivity index (χ0n) is 19.0. The molecule has 176 valence electrons. The van der Waals surface area contributed by atoms with Crippen molar-refractivity contribution < 1.29 is 19.0 Å². The molecule has 0 amide bonds. The summed E-state index contributed by atoms with van der Waals surface area (Å²) in [6.07, 6.45) is -0.370. The minimum absolute atomic E-state index is 0.177. The minimum atomic E-state index is -0.370. The van der Waals surface area contributed by atoms with Crippen LogP contribution in [0.3, 0.4) is 0 Å². The topological polar surface area (TPSA) is 41.9 Å². The van der Waals surface area contributed by atoms with Crippen LogP contribution in [0.25, 0.3) is 11.1 Å². The molecule has 4 nitrogen and oxygen atoms in total. The third kappa shape index (κ3) is 4.63. The van der Waals surface area contributed by atoms with E-state index in [9.17, 15) is 9.50 Å². The van der Waals surface area contributed by atoms with Crippen molar-refractivity contribution in [3.63, 3.8) is 0 Å². The number of ether oxygens (including phenoxy) is 2. The molecule has 1 fully saturated rings. The van der Waals surface area contributed by atoms with E-state index in [1.54, 1.807) is 30.3 Å². The molecular formula is C28H27ClFNO3. The molecule has 1 N–H and O–H groups in total. The molecule has 3 aromatic carbocycles. The lowest BCUT2D eigenvalue weighted by Gasteiger charge is -2.38. The summed E-state index contributed by atoms with van der Waals surface area (Å²) < 4.78 is 26.0. The summed E-state index contributed by atoms with van der Waals surface area (Å²) in [5, 5.41) is 10.0. The molecule has 0 aliphatic carbocycles. The Kier molecular flexibility index (Phi) is 6.48. The number of phenols is 1. The number of phenolic OH excluding ortho intramolecular Hbond substituents is 1. The average Bonchev–Trinajstić information content (AvgIpc) is 2.82. The summed E-state index contributed by atoms with van der Waals surface area (Å²) in [7, 11) is 0. The Morgan fingerprint density at radius 1 is 1.06 bits per heavy atom. The first kappa shape index (κ1) is 22.8. The molecule has 2 aliphatic heterocycles. The lowest BCUT2D eigenvalue weighted by molar-refractivity contribution is 0.0950. The lowest BCUT2D eigenvalue weighted by atomic mass is 9.86. The molecule has 0 radical (unpaired) electrons. The Labute approximate surface area is 204 Å². The Bertz CT molecular complexity index is 1190. The van der Waals surface area contributed by atoms with Gasteiger partial charge in [0.2, 0.25) is 0 Å². The molecule has 1 saturated heterocycles. The fourth-order valence-corrected chi connectivity index (χ4v) is 4.86. The number of likely N-dealkylation sites (tertiary alicyclic amines) is 1. The molecule has 1 atom stereocenters. The monoisotopic (exact) mass is 479 g/mol. The SMILES string of the molecule is CC1=C(c2ccc(F)cc2)[C@@H](c2ccc(OCCN3CC(CCl)C3)cc2)Oc2ccc(O)cc21. The van der Waals surface area contributed by atoms with Crippen LogP contribution in [0.15, 0.2) is 66.7 Å². The number of aromatic hydroxyl groups is 1. The molecule has 0 aromatic heterocycles. The highest BCUT2D eigenvalue weighted by Crippen LogP contribution is 2.47. The number of hydrogen-bond acceptors (Lipinski definition) is 4. The molecule has 6 heteroatoms. The van der Waals surface area contributed by atoms with Crippen LogP contribution in [-0.4, -0.2) is 42.1 Å². The molecular weight excluding hydrogens is 453 g/mol. The van der Waals surface area contributed by atoms with E-state index < -0.39 is 0 Å². The molecule has 2 heterocycles. The van der Waals surface area contributed by atoms with Crippen molar-refractivity contribution >= 4 is 22.7 Å². The van der Waals surface area contributed by atoms with Gasteiger partial charge in [-0.2, -0.15) is 0 Å². The number of nitrogens with zero attached hydrogens (tertiary/aromatic N) is 1. The van der Waals surface area contributed by atoms with Gasteiger partial charge in [0.25, 0.3) is 0 Å². The zero-order chi connectivity index (χ0) is 23.7. The molecule has 0 bridgehead atoms. The van der Waals surface area contributed by atoms with Gasteiger partial charge in [-0.05, 0) is 72.0 Å². The highest BCUT2D eigenvalue weighted by molar-refractivity contribution is 6.18. The van der Waals surface area contributed by atoms with Crippen molar-refractivity contribution in [3.8, 4) is 17.2 Å². The lowest BCUT2D eigenvalue weighted by Crippen LogP contribution is -2.48. The smallest absolute Gasteiger partial charge is 0.150 e. The van der Waals surface area contributed by atoms with E-state index in [0.29, 0.717) is 18.3 Å². The van der Waals surface area contributed by atoms with Crippen molar-refractivity contribution in [2.45, 2.75) is 13.0 Å². The van der Waals surface area contributed by atoms with Gasteiger partial charge in [-0.3, -0.25) is 4.90 Å². The first-order valence-electron chi connectivity index (χ1n) is 11.5. The van der Waals surface area contributed by atoms with E-state index >= 15 is 0 Å². The van der Waals surface area contributed by atoms with Crippen molar-refractivity contribution in [2.24, 2.45) is 5.92 Å². The zero-order valence-corrected chi connectivity index (χ0v) is 19.8. The first-order chi connectivity index (χ1) is 16.5. The molecule has 0 unspecified atom stereocenters. The number of benzene rings is 3. The molecule has 3 aromatic rings. The highest BCUT2D eigenvalue weighted by atomic mass is 35.5. The van der Waals surface area contributed by atoms with Gasteiger partial charge in [-0.1, -0.05) is 24.3 Å². The van der Waals surface area contributed by atoms with E-state index in [-0.39, 0.29) is 17.7 Å². The maximum absolute atomic E-state index is 13.6. The Hall–Kier alpha value is -3.02. The van der Waals surface area contributed by atoms with Gasteiger partial charge in [0, 0.05) is 36.7 Å². The second-order valence-electron chi connectivity index (χ2n) is 8.92. The van der Waals surface area contributed by atoms with Crippen molar-refractivity contribution in [1.29, 1.82) is 0 Å². The van der Waals surface area contributed by atoms with Gasteiger partial charge in [0.05, 0.1) is 0 Å². The minimum Gasteiger partial charge on any atom is -0.508 e. The van der Waals surface area contributed by atoms with Crippen LogP contribution >= 0.6 is 11.6 Å². The third-order valence-corrected chi connectivity index (χ3v) is 6.98. The van der Waals surface area contributed by atoms with E-state index in [1.807, 2.05) is 31.2 Å². The van der Waals surface area contributed by atoms with Crippen LogP contribution in [0.4, 0.5) is 4.39 Å². The average molecular weight is 480 g/mol. The fraction of sp³-hybridized carbons (Fsp3) is 0.286. The second-order valence-corrected chi connectivity index (χ2v) is 9.23. The van der Waals surface area contributed by atoms with E-state index in [2.05, 4.69) is 4.90 Å². The van der Waals surface area contributed by atoms with E-state index in [1.165, 1.54) is 12.1 Å². The Morgan fingerprint density at radius 2 is 1.79 bits per heavy atom. The summed E-state index contributed by atoms with van der Waals surface area (Å²) in [5.74, 6) is 2.74. The van der Waals surface area contributed by atoms with Gasteiger partial charge in [-0.25, -0.2) is 4.39 Å². The quantitative estimate of drug-likeness (QED) is 0.413. The predicted molar refractivity (Wildman–Crippen MR) is 133 cm³/mol. The molecule has 2 aliphatic rings. The standard InChI is InChI=1S/C28H27ClFNO3/c1-18-25-14-23(32)8-11-26(25)34-28(27(18)20-2-6-22(30)7-3-20)21-4-9-24(10-5-21)33-13-12-31-16-19(15-29)17-31/h2-11,14,19,28,32H,12-13,15-17H2,1H3/t28-/m1/s1. The van der Waals surface area contributed by atoms with Gasteiger partial charge >= 0.3 is 0 Å². The third-order valence-electron chi connectivity index (χ3n) is 6.54. The van der Waals surface area contributed by atoms with Gasteiger partial charge in [0.1, 0.15) is 35.8 Å². The highest BCUT2D eigenvalue weighted by Gasteiger charge is 2.30. The number of rotatable bonds is 7. The van der Waals surface area contributed by atoms with Crippen LogP contribution in [0.1, 0.15) is 29.7 Å². The van der Waals surface area contributed by atoms with Crippen molar-refractivity contribution in [3.05, 3.63) is 89.2 Å². The van der Waals surface area contributed by atoms with Gasteiger partial charge in [0.15, 0.2) is 0 Å². The van der Waals surface area contributed by atoms with Crippen LogP contribution in [0, 0.1) is 11.7 Å². The normalized spacial score (nSPS) is 18.3. The van der Waals surface area contributed by atoms with Crippen LogP contribution in [-0.2, 0) is 0 Å². The summed E-state index contributed by atoms with van der Waals surface area (Å²) in [5.41, 5.74) is 4.61. The first-order valence-corrected chi connectivity index (χ1v) is 12.0. The van der Waals surface area contributed by atoms with Gasteiger partial charge < -0.3 is 14.6 Å². The summed E-state index contributed by atoms with van der Waals surface area (Å²) in [6, 6.07) is 19.5. The molecule has 0 saturated carbocycles. The maximum Gasteiger partial charge on any atom is 0.150 e. The number of alkyl halides is 1. The summed E-state index contributed by atoms with van der Waals surface area (Å²) in [4.78, 5) is 2.34. The maximum atomic E-state index is 13.6. The predicted octanol–water partition coefficient (Wildman–Crippen LogP) is 6.15. The number of halogens is 2. The van der Waals surface area contributed by atoms with Crippen molar-refractivity contribution in [2.75, 3.05) is 32.1 Å². The van der Waals surface area contributed by atoms with E-state index in [4.69, 9.17) is 21.1 Å². The number of fused-ring (bicyclic) bond motifs is 1. The molecule has 5 rings (SSSR count). The summed E-state index contributed by atoms with van der Waals surface area (Å²) in [6.45, 7) is 5.62. The van der Waals surface area contributed by atoms with Crippen molar-refractivity contribution in [1.82, 2.24) is 4.90 Å². The van der Waals surface area contributed by atoms with Gasteiger partial charge in [-0.15, -0.1) is 11.6 Å². The Morgan fingerprint density at radius 3 is 2.50 bits per heavy atom. The number of allylic oxidation sites excluding steroid dienone is 1. The largest absolute Gasteiger partial charge is 0.508 e. The van der Waals surface area contributed by atoms with Crippen LogP contribution in [0.5, 0.6) is 17.2 Å². The van der Waals surface area contributed by atoms with E-state index in [0.717, 1.165) is 59.1 Å². The molecule has 0 spiro atoms. The second kappa shape index (κ2) is 9.69. The number of hydrogen-bond donors (Lipinski definition) is 1. The fourth-order valence-electron chi connectivity index (χ4n) is 4.66.